The highest BCUT2D eigenvalue weighted by Crippen LogP contribution is 2.23. The highest BCUT2D eigenvalue weighted by atomic mass is 16.6. The number of hydrogen-bond acceptors (Lipinski definition) is 5. The van der Waals surface area contributed by atoms with Gasteiger partial charge in [-0.2, -0.15) is 5.10 Å². The summed E-state index contributed by atoms with van der Waals surface area (Å²) in [4.78, 5) is 24.2. The summed E-state index contributed by atoms with van der Waals surface area (Å²) in [7, 11) is 0. The maximum atomic E-state index is 12.2. The smallest absolute Gasteiger partial charge is 0.344 e. The fourth-order valence-corrected chi connectivity index (χ4v) is 3.26. The molecular formula is C23H26N2O4. The number of rotatable bonds is 7. The van der Waals surface area contributed by atoms with Crippen molar-refractivity contribution in [1.82, 2.24) is 5.01 Å². The molecule has 6 heteroatoms. The van der Waals surface area contributed by atoms with Crippen LogP contribution in [0, 0.1) is 6.92 Å². The van der Waals surface area contributed by atoms with Crippen molar-refractivity contribution in [2.75, 3.05) is 19.8 Å². The maximum Gasteiger partial charge on any atom is 0.344 e. The zero-order chi connectivity index (χ0) is 20.8. The van der Waals surface area contributed by atoms with Gasteiger partial charge in [0.15, 0.2) is 13.2 Å². The number of carbonyl (C=O) groups is 2. The molecule has 152 valence electrons. The van der Waals surface area contributed by atoms with Gasteiger partial charge in [-0.15, -0.1) is 0 Å². The minimum Gasteiger partial charge on any atom is -0.482 e. The van der Waals surface area contributed by atoms with Crippen LogP contribution < -0.4 is 4.74 Å². The first-order valence-corrected chi connectivity index (χ1v) is 9.76. The summed E-state index contributed by atoms with van der Waals surface area (Å²) in [5, 5.41) is 5.69. The third kappa shape index (κ3) is 5.44. The molecule has 0 aromatic heterocycles. The lowest BCUT2D eigenvalue weighted by Crippen LogP contribution is -2.29. The van der Waals surface area contributed by atoms with Crippen molar-refractivity contribution in [2.45, 2.75) is 33.1 Å². The molecule has 29 heavy (non-hydrogen) atoms. The number of hydrazone groups is 1. The Morgan fingerprint density at radius 1 is 1.10 bits per heavy atom. The van der Waals surface area contributed by atoms with Gasteiger partial charge in [0.2, 0.25) is 0 Å². The Morgan fingerprint density at radius 2 is 1.86 bits per heavy atom. The summed E-state index contributed by atoms with van der Waals surface area (Å²) in [5.74, 6) is 0.0966. The van der Waals surface area contributed by atoms with Crippen LogP contribution in [-0.2, 0) is 14.3 Å². The molecule has 1 aliphatic heterocycles. The molecule has 0 unspecified atom stereocenters. The summed E-state index contributed by atoms with van der Waals surface area (Å²) < 4.78 is 10.5. The van der Waals surface area contributed by atoms with E-state index in [1.165, 1.54) is 10.6 Å². The molecule has 0 bridgehead atoms. The zero-order valence-corrected chi connectivity index (χ0v) is 17.1. The Bertz CT molecular complexity index is 906. The molecule has 0 saturated heterocycles. The van der Waals surface area contributed by atoms with Crippen molar-refractivity contribution >= 4 is 17.6 Å². The molecule has 1 heterocycles. The van der Waals surface area contributed by atoms with Gasteiger partial charge in [0.25, 0.3) is 5.91 Å². The molecule has 2 aromatic carbocycles. The van der Waals surface area contributed by atoms with Crippen molar-refractivity contribution in [1.29, 1.82) is 0 Å². The maximum absolute atomic E-state index is 12.2. The molecule has 0 spiro atoms. The monoisotopic (exact) mass is 394 g/mol. The van der Waals surface area contributed by atoms with Gasteiger partial charge in [0, 0.05) is 6.42 Å². The summed E-state index contributed by atoms with van der Waals surface area (Å²) in [5.41, 5.74) is 4.20. The Kier molecular flexibility index (Phi) is 6.65. The molecule has 1 aliphatic rings. The lowest BCUT2D eigenvalue weighted by atomic mass is 9.98. The summed E-state index contributed by atoms with van der Waals surface area (Å²) >= 11 is 0. The molecular weight excluding hydrogens is 368 g/mol. The fourth-order valence-electron chi connectivity index (χ4n) is 3.26. The van der Waals surface area contributed by atoms with Crippen LogP contribution in [0.1, 0.15) is 42.9 Å². The van der Waals surface area contributed by atoms with Crippen molar-refractivity contribution < 1.29 is 19.1 Å². The molecule has 0 atom stereocenters. The lowest BCUT2D eigenvalue weighted by molar-refractivity contribution is -0.153. The average molecular weight is 394 g/mol. The number of amides is 1. The Labute approximate surface area is 171 Å². The van der Waals surface area contributed by atoms with Crippen LogP contribution in [0.25, 0.3) is 0 Å². The molecule has 1 amide bonds. The number of aryl methyl sites for hydroxylation is 1. The average Bonchev–Trinajstić information content (AvgIpc) is 3.21. The van der Waals surface area contributed by atoms with E-state index < -0.39 is 5.97 Å². The molecule has 3 rings (SSSR count). The highest BCUT2D eigenvalue weighted by molar-refractivity contribution is 6.02. The normalized spacial score (nSPS) is 13.4. The molecule has 6 nitrogen and oxygen atoms in total. The number of nitrogens with zero attached hydrogens (tertiary/aromatic N) is 2. The summed E-state index contributed by atoms with van der Waals surface area (Å²) in [6.45, 7) is 6.17. The second kappa shape index (κ2) is 9.37. The van der Waals surface area contributed by atoms with E-state index in [0.717, 1.165) is 16.8 Å². The van der Waals surface area contributed by atoms with Crippen LogP contribution in [0.3, 0.4) is 0 Å². The quantitative estimate of drug-likeness (QED) is 0.672. The van der Waals surface area contributed by atoms with Gasteiger partial charge >= 0.3 is 5.97 Å². The molecule has 0 fully saturated rings. The number of hydrogen-bond donors (Lipinski definition) is 0. The van der Waals surface area contributed by atoms with Gasteiger partial charge in [-0.05, 0) is 41.7 Å². The van der Waals surface area contributed by atoms with E-state index in [9.17, 15) is 9.59 Å². The van der Waals surface area contributed by atoms with Crippen LogP contribution >= 0.6 is 0 Å². The van der Waals surface area contributed by atoms with E-state index in [0.29, 0.717) is 24.6 Å². The minimum atomic E-state index is -0.588. The predicted molar refractivity (Wildman–Crippen MR) is 111 cm³/mol. The van der Waals surface area contributed by atoms with E-state index in [2.05, 4.69) is 18.9 Å². The van der Waals surface area contributed by atoms with Crippen molar-refractivity contribution in [2.24, 2.45) is 5.10 Å². The molecule has 0 radical (unpaired) electrons. The summed E-state index contributed by atoms with van der Waals surface area (Å²) in [6, 6.07) is 15.5. The van der Waals surface area contributed by atoms with Crippen molar-refractivity contribution in [3.63, 3.8) is 0 Å². The van der Waals surface area contributed by atoms with Crippen LogP contribution in [0.2, 0.25) is 0 Å². The second-order valence-corrected chi connectivity index (χ2v) is 7.30. The number of carbonyl (C=O) groups excluding carboxylic acids is 2. The van der Waals surface area contributed by atoms with Gasteiger partial charge < -0.3 is 9.47 Å². The number of ether oxygens (including phenoxy) is 2. The van der Waals surface area contributed by atoms with Crippen LogP contribution in [0.5, 0.6) is 5.75 Å². The Hall–Kier alpha value is -3.15. The van der Waals surface area contributed by atoms with Gasteiger partial charge in [-0.1, -0.05) is 50.2 Å². The first kappa shape index (κ1) is 20.6. The van der Waals surface area contributed by atoms with Crippen LogP contribution in [0.15, 0.2) is 53.6 Å². The Morgan fingerprint density at radius 3 is 2.55 bits per heavy atom. The van der Waals surface area contributed by atoms with E-state index in [4.69, 9.17) is 9.47 Å². The molecule has 0 N–H and O–H groups in total. The van der Waals surface area contributed by atoms with Gasteiger partial charge in [0.1, 0.15) is 5.75 Å². The van der Waals surface area contributed by atoms with Gasteiger partial charge in [-0.3, -0.25) is 4.79 Å². The van der Waals surface area contributed by atoms with Gasteiger partial charge in [-0.25, -0.2) is 9.80 Å². The number of benzene rings is 2. The first-order chi connectivity index (χ1) is 13.9. The van der Waals surface area contributed by atoms with Crippen molar-refractivity contribution in [3.05, 3.63) is 65.2 Å². The highest BCUT2D eigenvalue weighted by Gasteiger charge is 2.22. The fraction of sp³-hybridized carbons (Fsp3) is 0.348. The SMILES string of the molecule is Cc1cc(OCC(=O)OCC(=O)N2CCC(c3ccccc3)=N2)ccc1C(C)C. The predicted octanol–water partition coefficient (Wildman–Crippen LogP) is 3.68. The van der Waals surface area contributed by atoms with E-state index >= 15 is 0 Å². The van der Waals surface area contributed by atoms with Crippen LogP contribution in [-0.4, -0.2) is 42.4 Å². The van der Waals surface area contributed by atoms with Crippen LogP contribution in [0.4, 0.5) is 0 Å². The topological polar surface area (TPSA) is 68.2 Å². The first-order valence-electron chi connectivity index (χ1n) is 9.76. The second-order valence-electron chi connectivity index (χ2n) is 7.30. The van der Waals surface area contributed by atoms with E-state index in [1.807, 2.05) is 55.5 Å². The number of esters is 1. The zero-order valence-electron chi connectivity index (χ0n) is 17.1. The summed E-state index contributed by atoms with van der Waals surface area (Å²) in [6.07, 6.45) is 0.679. The van der Waals surface area contributed by atoms with Gasteiger partial charge in [0.05, 0.1) is 12.3 Å². The van der Waals surface area contributed by atoms with E-state index in [1.54, 1.807) is 0 Å². The third-order valence-corrected chi connectivity index (χ3v) is 4.77. The minimum absolute atomic E-state index is 0.244. The standard InChI is InChI=1S/C23H26N2O4/c1-16(2)20-10-9-19(13-17(20)3)28-15-23(27)29-14-22(26)25-12-11-21(24-25)18-7-5-4-6-8-18/h4-10,13,16H,11-12,14-15H2,1-3H3. The lowest BCUT2D eigenvalue weighted by Gasteiger charge is -2.13. The largest absolute Gasteiger partial charge is 0.482 e. The molecule has 0 aliphatic carbocycles. The molecule has 0 saturated carbocycles. The third-order valence-electron chi connectivity index (χ3n) is 4.77. The van der Waals surface area contributed by atoms with E-state index in [-0.39, 0.29) is 19.1 Å². The Balaban J connectivity index is 1.45. The van der Waals surface area contributed by atoms with Crippen molar-refractivity contribution in [3.8, 4) is 5.75 Å². The molecule has 2 aromatic rings.